The molecule has 0 fully saturated rings. The minimum Gasteiger partial charge on any atom is -0.487 e. The maximum atomic E-state index is 11.5. The number of rotatable bonds is 5. The van der Waals surface area contributed by atoms with Gasteiger partial charge in [0.2, 0.25) is 14.9 Å². The molecule has 6 nitrogen and oxygen atoms in total. The lowest BCUT2D eigenvalue weighted by atomic mass is 10.2. The van der Waals surface area contributed by atoms with Gasteiger partial charge in [-0.15, -0.1) is 0 Å². The Morgan fingerprint density at radius 1 is 1.39 bits per heavy atom. The molecule has 1 atom stereocenters. The number of hydrogen-bond donors (Lipinski definition) is 1. The van der Waals surface area contributed by atoms with E-state index in [0.29, 0.717) is 0 Å². The van der Waals surface area contributed by atoms with E-state index in [-0.39, 0.29) is 11.5 Å². The molecule has 0 unspecified atom stereocenters. The van der Waals surface area contributed by atoms with Gasteiger partial charge in [0, 0.05) is 12.3 Å². The normalized spacial score (nSPS) is 15.1. The minimum atomic E-state index is -3.47. The summed E-state index contributed by atoms with van der Waals surface area (Å²) in [6, 6.07) is -0.774. The molecule has 0 saturated heterocycles. The van der Waals surface area contributed by atoms with Gasteiger partial charge in [0.05, 0.1) is 13.5 Å². The van der Waals surface area contributed by atoms with E-state index in [1.807, 2.05) is 0 Å². The summed E-state index contributed by atoms with van der Waals surface area (Å²) in [6.45, 7) is 5.22. The predicted molar refractivity (Wildman–Crippen MR) is 68.4 cm³/mol. The molecule has 0 aromatic heterocycles. The lowest BCUT2D eigenvalue weighted by Crippen LogP contribution is -2.29. The molecule has 0 radical (unpaired) electrons. The van der Waals surface area contributed by atoms with Gasteiger partial charge in [0.1, 0.15) is 5.60 Å². The van der Waals surface area contributed by atoms with Crippen LogP contribution >= 0.6 is 0 Å². The third-order valence-electron chi connectivity index (χ3n) is 1.74. The van der Waals surface area contributed by atoms with Crippen LogP contribution in [0.25, 0.3) is 0 Å². The zero-order valence-corrected chi connectivity index (χ0v) is 12.2. The molecular weight excluding hydrogens is 258 g/mol. The van der Waals surface area contributed by atoms with Gasteiger partial charge in [-0.3, -0.25) is 4.79 Å². The Labute approximate surface area is 108 Å². The van der Waals surface area contributed by atoms with Gasteiger partial charge in [0.25, 0.3) is 0 Å². The fourth-order valence-corrected chi connectivity index (χ4v) is 1.88. The maximum Gasteiger partial charge on any atom is 0.308 e. The molecule has 0 aromatic carbocycles. The second-order valence-electron chi connectivity index (χ2n) is 4.92. The van der Waals surface area contributed by atoms with Crippen molar-refractivity contribution in [2.45, 2.75) is 38.8 Å². The van der Waals surface area contributed by atoms with Crippen LogP contribution in [0.2, 0.25) is 0 Å². The topological polar surface area (TPSA) is 95.7 Å². The summed E-state index contributed by atoms with van der Waals surface area (Å²) in [5.74, 6) is -0.491. The van der Waals surface area contributed by atoms with Crippen molar-refractivity contribution in [3.05, 3.63) is 11.2 Å². The number of methoxy groups -OCH3 is 1. The Morgan fingerprint density at radius 2 is 1.89 bits per heavy atom. The summed E-state index contributed by atoms with van der Waals surface area (Å²) in [4.78, 5) is 11.5. The summed E-state index contributed by atoms with van der Waals surface area (Å²) in [5, 5.41) is -0.251. The zero-order valence-electron chi connectivity index (χ0n) is 11.4. The van der Waals surface area contributed by atoms with Crippen LogP contribution in [-0.2, 0) is 24.1 Å². The van der Waals surface area contributed by atoms with Gasteiger partial charge in [-0.2, -0.15) is 0 Å². The van der Waals surface area contributed by atoms with E-state index >= 15 is 0 Å². The second kappa shape index (κ2) is 6.19. The van der Waals surface area contributed by atoms with Crippen molar-refractivity contribution in [3.8, 4) is 0 Å². The Bertz CT molecular complexity index is 419. The van der Waals surface area contributed by atoms with Crippen LogP contribution < -0.4 is 5.73 Å². The number of carbonyl (C=O) groups is 1. The van der Waals surface area contributed by atoms with Crippen LogP contribution in [0, 0.1) is 0 Å². The molecule has 18 heavy (non-hydrogen) atoms. The third-order valence-corrected chi connectivity index (χ3v) is 2.77. The van der Waals surface area contributed by atoms with Crippen LogP contribution in [0.3, 0.4) is 0 Å². The first-order valence-electron chi connectivity index (χ1n) is 5.39. The molecule has 106 valence electrons. The van der Waals surface area contributed by atoms with Crippen molar-refractivity contribution < 1.29 is 22.7 Å². The first-order chi connectivity index (χ1) is 7.95. The average Bonchev–Trinajstić information content (AvgIpc) is 2.08. The van der Waals surface area contributed by atoms with E-state index in [9.17, 15) is 13.2 Å². The number of carbonyl (C=O) groups excluding carboxylic acids is 1. The van der Waals surface area contributed by atoms with E-state index < -0.39 is 27.4 Å². The third kappa shape index (κ3) is 7.29. The Kier molecular flexibility index (Phi) is 5.82. The van der Waals surface area contributed by atoms with Gasteiger partial charge in [-0.1, -0.05) is 0 Å². The molecular formula is C11H21NO5S. The largest absolute Gasteiger partial charge is 0.487 e. The van der Waals surface area contributed by atoms with Crippen LogP contribution in [0.5, 0.6) is 0 Å². The van der Waals surface area contributed by atoms with Crippen molar-refractivity contribution >= 4 is 15.8 Å². The molecule has 2 N–H and O–H groups in total. The molecule has 0 amide bonds. The lowest BCUT2D eigenvalue weighted by Gasteiger charge is -2.20. The summed E-state index contributed by atoms with van der Waals surface area (Å²) in [6.07, 6.45) is 2.08. The average molecular weight is 279 g/mol. The van der Waals surface area contributed by atoms with Crippen LogP contribution in [-0.4, -0.2) is 39.4 Å². The molecule has 7 heteroatoms. The van der Waals surface area contributed by atoms with E-state index in [1.54, 1.807) is 20.8 Å². The van der Waals surface area contributed by atoms with E-state index in [0.717, 1.165) is 6.26 Å². The van der Waals surface area contributed by atoms with Crippen LogP contribution in [0.15, 0.2) is 11.2 Å². The van der Waals surface area contributed by atoms with Crippen molar-refractivity contribution in [2.24, 2.45) is 5.73 Å². The van der Waals surface area contributed by atoms with Crippen molar-refractivity contribution in [1.82, 2.24) is 0 Å². The number of nitrogens with two attached hydrogens (primary N) is 1. The van der Waals surface area contributed by atoms with Gasteiger partial charge in [-0.05, 0) is 26.8 Å². The van der Waals surface area contributed by atoms with Crippen molar-refractivity contribution in [3.63, 3.8) is 0 Å². The highest BCUT2D eigenvalue weighted by Crippen LogP contribution is 2.11. The van der Waals surface area contributed by atoms with Gasteiger partial charge >= 0.3 is 5.97 Å². The number of hydrogen-bond acceptors (Lipinski definition) is 6. The van der Waals surface area contributed by atoms with Crippen LogP contribution in [0.1, 0.15) is 27.2 Å². The smallest absolute Gasteiger partial charge is 0.308 e. The van der Waals surface area contributed by atoms with Crippen molar-refractivity contribution in [1.29, 1.82) is 0 Å². The summed E-state index contributed by atoms with van der Waals surface area (Å²) in [5.41, 5.74) is 5.05. The zero-order chi connectivity index (χ0) is 14.6. The monoisotopic (exact) mass is 279 g/mol. The molecule has 0 aliphatic rings. The summed E-state index contributed by atoms with van der Waals surface area (Å²) < 4.78 is 32.3. The minimum absolute atomic E-state index is 0.111. The highest BCUT2D eigenvalue weighted by molar-refractivity contribution is 7.94. The molecule has 0 rings (SSSR count). The van der Waals surface area contributed by atoms with Gasteiger partial charge < -0.3 is 15.2 Å². The molecule has 0 saturated carbocycles. The SMILES string of the molecule is COC(=C[C@@H](N)CC(=O)OC(C)(C)C)S(C)(=O)=O. The van der Waals surface area contributed by atoms with E-state index in [1.165, 1.54) is 13.2 Å². The highest BCUT2D eigenvalue weighted by Gasteiger charge is 2.20. The Hall–Kier alpha value is -1.08. The number of esters is 1. The Balaban J connectivity index is 4.65. The first-order valence-corrected chi connectivity index (χ1v) is 7.28. The molecule has 0 aromatic rings. The quantitative estimate of drug-likeness (QED) is 0.584. The maximum absolute atomic E-state index is 11.5. The Morgan fingerprint density at radius 3 is 2.22 bits per heavy atom. The molecule has 0 spiro atoms. The second-order valence-corrected chi connectivity index (χ2v) is 6.86. The number of sulfone groups is 1. The van der Waals surface area contributed by atoms with Crippen LogP contribution in [0.4, 0.5) is 0 Å². The van der Waals surface area contributed by atoms with Gasteiger partial charge in [-0.25, -0.2) is 8.42 Å². The summed E-state index contributed by atoms with van der Waals surface area (Å²) in [7, 11) is -2.24. The summed E-state index contributed by atoms with van der Waals surface area (Å²) >= 11 is 0. The van der Waals surface area contributed by atoms with E-state index in [4.69, 9.17) is 15.2 Å². The van der Waals surface area contributed by atoms with Crippen molar-refractivity contribution in [2.75, 3.05) is 13.4 Å². The molecule has 0 heterocycles. The standard InChI is InChI=1S/C11H21NO5S/c1-11(2,3)17-9(13)6-8(12)7-10(16-4)18(5,14)15/h7-8H,6,12H2,1-5H3/t8-/m0/s1. The molecule has 0 bridgehead atoms. The lowest BCUT2D eigenvalue weighted by molar-refractivity contribution is -0.154. The molecule has 0 aliphatic heterocycles. The first kappa shape index (κ1) is 16.9. The highest BCUT2D eigenvalue weighted by atomic mass is 32.2. The fourth-order valence-electron chi connectivity index (χ4n) is 1.15. The van der Waals surface area contributed by atoms with Gasteiger partial charge in [0.15, 0.2) is 0 Å². The fraction of sp³-hybridized carbons (Fsp3) is 0.727. The number of ether oxygens (including phenoxy) is 2. The predicted octanol–water partition coefficient (Wildman–Crippen LogP) is 0.578. The van der Waals surface area contributed by atoms with E-state index in [2.05, 4.69) is 0 Å². The molecule has 0 aliphatic carbocycles.